The van der Waals surface area contributed by atoms with Crippen LogP contribution in [0.4, 0.5) is 11.5 Å². The highest BCUT2D eigenvalue weighted by atomic mass is 16.5. The van der Waals surface area contributed by atoms with Gasteiger partial charge in [-0.2, -0.15) is 10.2 Å². The van der Waals surface area contributed by atoms with Crippen molar-refractivity contribution < 1.29 is 9.53 Å². The number of nitrogens with zero attached hydrogens (tertiary/aromatic N) is 4. The van der Waals surface area contributed by atoms with Gasteiger partial charge in [-0.15, -0.1) is 0 Å². The fraction of sp³-hybridized carbons (Fsp3) is 0.292. The molecule has 0 spiro atoms. The Balaban J connectivity index is 1.45. The zero-order chi connectivity index (χ0) is 22.3. The van der Waals surface area contributed by atoms with Gasteiger partial charge in [0.25, 0.3) is 5.91 Å². The topological polar surface area (TPSA) is 83.8 Å². The van der Waals surface area contributed by atoms with Crippen molar-refractivity contribution in [2.45, 2.75) is 19.8 Å². The minimum absolute atomic E-state index is 0.116. The van der Waals surface area contributed by atoms with Gasteiger partial charge < -0.3 is 15.0 Å². The smallest absolute Gasteiger partial charge is 0.259 e. The Kier molecular flexibility index (Phi) is 6.69. The molecule has 1 aliphatic heterocycles. The van der Waals surface area contributed by atoms with Crippen molar-refractivity contribution in [3.63, 3.8) is 0 Å². The molecular weight excluding hydrogens is 404 g/mol. The predicted octanol–water partition coefficient (Wildman–Crippen LogP) is 3.35. The Morgan fingerprint density at radius 3 is 2.53 bits per heavy atom. The third-order valence-corrected chi connectivity index (χ3v) is 5.41. The van der Waals surface area contributed by atoms with E-state index in [4.69, 9.17) is 9.84 Å². The van der Waals surface area contributed by atoms with Crippen LogP contribution in [0.5, 0.6) is 5.75 Å². The highest BCUT2D eigenvalue weighted by Gasteiger charge is 2.23. The minimum Gasteiger partial charge on any atom is -0.497 e. The van der Waals surface area contributed by atoms with Gasteiger partial charge >= 0.3 is 0 Å². The van der Waals surface area contributed by atoms with Gasteiger partial charge in [-0.3, -0.25) is 4.79 Å². The SMILES string of the molecule is COc1ccc(NCC(=O)N/N=C\c2c(C)nn(-c3ccccc3)c2N2CCCC2)cc1. The highest BCUT2D eigenvalue weighted by Crippen LogP contribution is 2.28. The number of para-hydroxylation sites is 1. The van der Waals surface area contributed by atoms with Crippen LogP contribution in [0.1, 0.15) is 24.1 Å². The quantitative estimate of drug-likeness (QED) is 0.421. The maximum atomic E-state index is 12.2. The molecule has 0 aliphatic carbocycles. The molecule has 2 aromatic carbocycles. The van der Waals surface area contributed by atoms with E-state index in [1.54, 1.807) is 13.3 Å². The van der Waals surface area contributed by atoms with E-state index in [0.717, 1.165) is 60.1 Å². The molecule has 0 radical (unpaired) electrons. The molecule has 1 amide bonds. The van der Waals surface area contributed by atoms with E-state index in [9.17, 15) is 4.79 Å². The van der Waals surface area contributed by atoms with Crippen LogP contribution in [0.2, 0.25) is 0 Å². The van der Waals surface area contributed by atoms with Gasteiger partial charge in [0.2, 0.25) is 0 Å². The summed E-state index contributed by atoms with van der Waals surface area (Å²) in [6, 6.07) is 17.5. The number of carbonyl (C=O) groups excluding carboxylic acids is 1. The van der Waals surface area contributed by atoms with Crippen molar-refractivity contribution in [2.75, 3.05) is 37.0 Å². The molecule has 8 heteroatoms. The first-order valence-corrected chi connectivity index (χ1v) is 10.8. The summed E-state index contributed by atoms with van der Waals surface area (Å²) in [5.74, 6) is 1.55. The lowest BCUT2D eigenvalue weighted by atomic mass is 10.2. The number of ether oxygens (including phenoxy) is 1. The molecule has 166 valence electrons. The number of aromatic nitrogens is 2. The number of rotatable bonds is 8. The molecule has 1 saturated heterocycles. The monoisotopic (exact) mass is 432 g/mol. The summed E-state index contributed by atoms with van der Waals surface area (Å²) in [5, 5.41) is 12.0. The molecular formula is C24H28N6O2. The second-order valence-electron chi connectivity index (χ2n) is 7.64. The summed E-state index contributed by atoms with van der Waals surface area (Å²) in [7, 11) is 1.62. The molecule has 1 aromatic heterocycles. The number of aryl methyl sites for hydroxylation is 1. The molecule has 8 nitrogen and oxygen atoms in total. The zero-order valence-electron chi connectivity index (χ0n) is 18.4. The zero-order valence-corrected chi connectivity index (χ0v) is 18.4. The number of carbonyl (C=O) groups is 1. The molecule has 4 rings (SSSR count). The first kappa shape index (κ1) is 21.4. The number of nitrogens with one attached hydrogen (secondary N) is 2. The van der Waals surface area contributed by atoms with Gasteiger partial charge in [0.15, 0.2) is 0 Å². The van der Waals surface area contributed by atoms with E-state index < -0.39 is 0 Å². The van der Waals surface area contributed by atoms with Crippen LogP contribution in [-0.2, 0) is 4.79 Å². The predicted molar refractivity (Wildman–Crippen MR) is 127 cm³/mol. The van der Waals surface area contributed by atoms with Crippen molar-refractivity contribution in [2.24, 2.45) is 5.10 Å². The van der Waals surface area contributed by atoms with Crippen molar-refractivity contribution in [3.8, 4) is 11.4 Å². The Morgan fingerprint density at radius 1 is 1.12 bits per heavy atom. The molecule has 1 fully saturated rings. The largest absolute Gasteiger partial charge is 0.497 e. The molecule has 0 bridgehead atoms. The van der Waals surface area contributed by atoms with Crippen molar-refractivity contribution in [1.29, 1.82) is 0 Å². The van der Waals surface area contributed by atoms with E-state index in [1.807, 2.05) is 66.2 Å². The third kappa shape index (κ3) is 4.91. The molecule has 1 aliphatic rings. The van der Waals surface area contributed by atoms with E-state index in [-0.39, 0.29) is 12.5 Å². The van der Waals surface area contributed by atoms with Crippen LogP contribution in [0.3, 0.4) is 0 Å². The third-order valence-electron chi connectivity index (χ3n) is 5.41. The number of benzene rings is 2. The van der Waals surface area contributed by atoms with Crippen LogP contribution >= 0.6 is 0 Å². The van der Waals surface area contributed by atoms with Gasteiger partial charge in [-0.1, -0.05) is 18.2 Å². The van der Waals surface area contributed by atoms with Gasteiger partial charge in [0.05, 0.1) is 36.8 Å². The van der Waals surface area contributed by atoms with Gasteiger partial charge in [0, 0.05) is 18.8 Å². The summed E-state index contributed by atoms with van der Waals surface area (Å²) >= 11 is 0. The molecule has 0 atom stereocenters. The lowest BCUT2D eigenvalue weighted by molar-refractivity contribution is -0.119. The molecule has 0 saturated carbocycles. The Hall–Kier alpha value is -3.81. The fourth-order valence-corrected chi connectivity index (χ4v) is 3.76. The highest BCUT2D eigenvalue weighted by molar-refractivity contribution is 5.90. The Labute approximate surface area is 187 Å². The first-order valence-electron chi connectivity index (χ1n) is 10.8. The van der Waals surface area contributed by atoms with Crippen LogP contribution in [0.15, 0.2) is 59.7 Å². The van der Waals surface area contributed by atoms with E-state index in [2.05, 4.69) is 20.7 Å². The normalized spacial score (nSPS) is 13.5. The van der Waals surface area contributed by atoms with Crippen LogP contribution < -0.4 is 20.4 Å². The van der Waals surface area contributed by atoms with Crippen molar-refractivity contribution >= 4 is 23.6 Å². The summed E-state index contributed by atoms with van der Waals surface area (Å²) < 4.78 is 7.11. The number of hydrogen-bond donors (Lipinski definition) is 2. The Bertz CT molecular complexity index is 1070. The molecule has 0 unspecified atom stereocenters. The molecule has 32 heavy (non-hydrogen) atoms. The van der Waals surface area contributed by atoms with Crippen molar-refractivity contribution in [3.05, 3.63) is 65.9 Å². The average molecular weight is 433 g/mol. The second kappa shape index (κ2) is 10.00. The van der Waals surface area contributed by atoms with E-state index in [0.29, 0.717) is 0 Å². The van der Waals surface area contributed by atoms with Crippen LogP contribution in [-0.4, -0.2) is 48.6 Å². The average Bonchev–Trinajstić information content (AvgIpc) is 3.47. The molecule has 3 aromatic rings. The van der Waals surface area contributed by atoms with Gasteiger partial charge in [-0.25, -0.2) is 10.1 Å². The van der Waals surface area contributed by atoms with Gasteiger partial charge in [-0.05, 0) is 56.2 Å². The number of methoxy groups -OCH3 is 1. The second-order valence-corrected chi connectivity index (χ2v) is 7.64. The summed E-state index contributed by atoms with van der Waals surface area (Å²) in [4.78, 5) is 14.6. The summed E-state index contributed by atoms with van der Waals surface area (Å²) in [6.45, 7) is 4.05. The maximum Gasteiger partial charge on any atom is 0.259 e. The molecule has 2 N–H and O–H groups in total. The lowest BCUT2D eigenvalue weighted by Gasteiger charge is -2.20. The number of hydrogen-bond acceptors (Lipinski definition) is 6. The fourth-order valence-electron chi connectivity index (χ4n) is 3.76. The number of amides is 1. The summed E-state index contributed by atoms with van der Waals surface area (Å²) in [5.41, 5.74) is 6.23. The Morgan fingerprint density at radius 2 is 1.84 bits per heavy atom. The molecule has 2 heterocycles. The maximum absolute atomic E-state index is 12.2. The summed E-state index contributed by atoms with van der Waals surface area (Å²) in [6.07, 6.45) is 4.01. The van der Waals surface area contributed by atoms with Crippen LogP contribution in [0, 0.1) is 6.92 Å². The van der Waals surface area contributed by atoms with Gasteiger partial charge in [0.1, 0.15) is 11.6 Å². The van der Waals surface area contributed by atoms with E-state index >= 15 is 0 Å². The minimum atomic E-state index is -0.229. The first-order chi connectivity index (χ1) is 15.7. The van der Waals surface area contributed by atoms with Crippen molar-refractivity contribution in [1.82, 2.24) is 15.2 Å². The van der Waals surface area contributed by atoms with E-state index in [1.165, 1.54) is 0 Å². The van der Waals surface area contributed by atoms with Crippen LogP contribution in [0.25, 0.3) is 5.69 Å². The number of anilines is 2. The standard InChI is InChI=1S/C24H28N6O2/c1-18-22(16-26-27-23(31)17-25-19-10-12-21(32-2)13-11-19)24(29-14-6-7-15-29)30(28-18)20-8-4-3-5-9-20/h3-5,8-13,16,25H,6-7,14-15,17H2,1-2H3,(H,27,31)/b26-16-. The number of hydrazone groups is 1. The lowest BCUT2D eigenvalue weighted by Crippen LogP contribution is -2.26.